The van der Waals surface area contributed by atoms with Crippen LogP contribution in [0.4, 0.5) is 8.78 Å². The molecule has 2 N–H and O–H groups in total. The zero-order valence-electron chi connectivity index (χ0n) is 8.73. The van der Waals surface area contributed by atoms with Crippen LogP contribution in [-0.4, -0.2) is 75.2 Å². The van der Waals surface area contributed by atoms with Crippen LogP contribution >= 0.6 is 35.3 Å². The molecule has 0 spiro atoms. The van der Waals surface area contributed by atoms with Crippen molar-refractivity contribution < 1.29 is 23.1 Å². The first kappa shape index (κ1) is 23.3. The summed E-state index contributed by atoms with van der Waals surface area (Å²) in [6.07, 6.45) is 1.87. The Kier molecular flexibility index (Phi) is 11.4. The van der Waals surface area contributed by atoms with Gasteiger partial charge in [-0.15, -0.1) is 0 Å². The Morgan fingerprint density at radius 2 is 1.89 bits per heavy atom. The van der Waals surface area contributed by atoms with Crippen LogP contribution in [-0.2, 0) is 16.0 Å². The molecule has 0 bridgehead atoms. The Morgan fingerprint density at radius 1 is 1.37 bits per heavy atom. The number of alkyl halides is 2. The van der Waals surface area contributed by atoms with Gasteiger partial charge in [-0.05, 0) is 17.9 Å². The molecule has 0 unspecified atom stereocenters. The molecule has 0 aliphatic carbocycles. The Labute approximate surface area is 167 Å². The molecular weight excluding hydrogens is 383 g/mol. The molecule has 0 amide bonds. The van der Waals surface area contributed by atoms with Crippen molar-refractivity contribution in [2.24, 2.45) is 0 Å². The first-order valence-electron chi connectivity index (χ1n) is 4.41. The fourth-order valence-corrected chi connectivity index (χ4v) is 3.07. The number of halogens is 3. The van der Waals surface area contributed by atoms with E-state index in [1.807, 2.05) is 6.26 Å². The zero-order valence-corrected chi connectivity index (χ0v) is 12.0. The maximum absolute atomic E-state index is 13.4. The maximum atomic E-state index is 13.4. The topological polar surface area (TPSA) is 57.5 Å². The summed E-state index contributed by atoms with van der Waals surface area (Å²) in [6.45, 7) is 0. The molecule has 0 aromatic heterocycles. The van der Waals surface area contributed by atoms with Crippen molar-refractivity contribution in [1.82, 2.24) is 0 Å². The molecule has 19 heavy (non-hydrogen) atoms. The second kappa shape index (κ2) is 9.26. The molecule has 1 aromatic carbocycles. The number of benzene rings is 1. The Balaban J connectivity index is 0. The first-order chi connectivity index (χ1) is 7.70. The van der Waals surface area contributed by atoms with Crippen LogP contribution in [0.5, 0.6) is 0 Å². The summed E-state index contributed by atoms with van der Waals surface area (Å²) in [5, 5.41) is 0. The van der Waals surface area contributed by atoms with Crippen LogP contribution in [0, 0.1) is 0 Å². The van der Waals surface area contributed by atoms with Crippen LogP contribution in [0.2, 0.25) is 0 Å². The number of rotatable bonds is 4. The molecule has 0 saturated carbocycles. The van der Waals surface area contributed by atoms with Gasteiger partial charge in [0.2, 0.25) is 0 Å². The Morgan fingerprint density at radius 3 is 2.26 bits per heavy atom. The molecule has 0 atom stereocenters. The third kappa shape index (κ3) is 5.99. The molecule has 0 radical (unpaired) electrons. The van der Waals surface area contributed by atoms with Gasteiger partial charge in [0.1, 0.15) is 0 Å². The van der Waals surface area contributed by atoms with Crippen LogP contribution in [0.3, 0.4) is 0 Å². The quantitative estimate of drug-likeness (QED) is 0.607. The number of hydrogen-bond donors (Lipinski definition) is 2. The second-order valence-electron chi connectivity index (χ2n) is 3.33. The van der Waals surface area contributed by atoms with Gasteiger partial charge < -0.3 is 9.79 Å². The van der Waals surface area contributed by atoms with Crippen molar-refractivity contribution in [3.8, 4) is 0 Å². The van der Waals surface area contributed by atoms with E-state index in [-0.39, 0.29) is 63.6 Å². The molecule has 0 aliphatic rings. The average molecular weight is 395 g/mol. The van der Waals surface area contributed by atoms with Gasteiger partial charge in [0.05, 0.1) is 0 Å². The second-order valence-corrected chi connectivity index (χ2v) is 6.70. The van der Waals surface area contributed by atoms with Gasteiger partial charge in [0, 0.05) is 15.8 Å². The molecule has 100 valence electrons. The van der Waals surface area contributed by atoms with E-state index in [4.69, 9.17) is 9.79 Å². The summed E-state index contributed by atoms with van der Waals surface area (Å²) in [5.74, 6) is 0.639. The summed E-state index contributed by atoms with van der Waals surface area (Å²) in [6, 6.07) is 3.91. The predicted molar refractivity (Wildman–Crippen MR) is 81.6 cm³/mol. The van der Waals surface area contributed by atoms with E-state index >= 15 is 0 Å². The minimum absolute atomic E-state index is 0. The van der Waals surface area contributed by atoms with Crippen molar-refractivity contribution in [1.29, 1.82) is 0 Å². The van der Waals surface area contributed by atoms with E-state index in [1.165, 1.54) is 23.9 Å². The number of hydrogen-bond acceptors (Lipinski definition) is 2. The third-order valence-corrected chi connectivity index (χ3v) is 4.29. The molecule has 0 saturated heterocycles. The summed E-state index contributed by atoms with van der Waals surface area (Å²) in [7, 11) is -5.52. The fraction of sp³-hybridized carbons (Fsp3) is 0.333. The normalized spacial score (nSPS) is 11.5. The van der Waals surface area contributed by atoms with Gasteiger partial charge >= 0.3 is 72.4 Å². The predicted octanol–water partition coefficient (Wildman–Crippen LogP) is 2.24. The molecule has 0 heterocycles. The van der Waals surface area contributed by atoms with Gasteiger partial charge in [-0.25, -0.2) is 0 Å². The van der Waals surface area contributed by atoms with E-state index in [9.17, 15) is 13.3 Å². The zero-order chi connectivity index (χ0) is 13.3. The Bertz CT molecular complexity index is 473. The summed E-state index contributed by atoms with van der Waals surface area (Å²) < 4.78 is 37.6. The third-order valence-electron chi connectivity index (χ3n) is 2.03. The van der Waals surface area contributed by atoms with E-state index in [0.29, 0.717) is 5.75 Å². The fourth-order valence-electron chi connectivity index (χ4n) is 1.22. The van der Waals surface area contributed by atoms with Gasteiger partial charge in [-0.3, -0.25) is 4.57 Å². The molecule has 3 nitrogen and oxygen atoms in total. The van der Waals surface area contributed by atoms with Gasteiger partial charge in [0.25, 0.3) is 0 Å². The van der Waals surface area contributed by atoms with Crippen LogP contribution < -0.4 is 0 Å². The molecule has 0 aliphatic heterocycles. The monoisotopic (exact) mass is 394 g/mol. The van der Waals surface area contributed by atoms with Crippen molar-refractivity contribution in [2.75, 3.05) is 6.26 Å². The van der Waals surface area contributed by atoms with E-state index < -0.39 is 18.8 Å². The SMILES string of the molecule is CSCc1ccc(C(F)(F)P(=O)(O)O)c(Br)c1.[NaH].[NaH]. The van der Waals surface area contributed by atoms with Crippen molar-refractivity contribution in [2.45, 2.75) is 11.4 Å². The molecular formula is C9H12BrF2Na2O3PS. The Hall–Kier alpha value is 2.06. The summed E-state index contributed by atoms with van der Waals surface area (Å²) in [4.78, 5) is 17.3. The minimum atomic E-state index is -5.52. The van der Waals surface area contributed by atoms with Crippen LogP contribution in [0.25, 0.3) is 0 Å². The molecule has 1 rings (SSSR count). The average Bonchev–Trinajstić information content (AvgIpc) is 2.16. The summed E-state index contributed by atoms with van der Waals surface area (Å²) >= 11 is 4.43. The van der Waals surface area contributed by atoms with Gasteiger partial charge in [0.15, 0.2) is 0 Å². The van der Waals surface area contributed by atoms with Crippen LogP contribution in [0.1, 0.15) is 11.1 Å². The molecule has 1 aromatic rings. The van der Waals surface area contributed by atoms with Crippen molar-refractivity contribution in [3.05, 3.63) is 33.8 Å². The van der Waals surface area contributed by atoms with Crippen LogP contribution in [0.15, 0.2) is 22.7 Å². The van der Waals surface area contributed by atoms with E-state index in [0.717, 1.165) is 11.6 Å². The van der Waals surface area contributed by atoms with Gasteiger partial charge in [-0.2, -0.15) is 20.5 Å². The van der Waals surface area contributed by atoms with E-state index in [1.54, 1.807) is 0 Å². The standard InChI is InChI=1S/C9H10BrF2O3PS.2Na.2H/c1-17-5-6-2-3-7(8(10)4-6)9(11,12)16(13,14)15;;;;/h2-4H,5H2,1H3,(H2,13,14,15);;;;. The van der Waals surface area contributed by atoms with E-state index in [2.05, 4.69) is 15.9 Å². The first-order valence-corrected chi connectivity index (χ1v) is 8.21. The van der Waals surface area contributed by atoms with Gasteiger partial charge in [-0.1, -0.05) is 28.1 Å². The number of thioether (sulfide) groups is 1. The van der Waals surface area contributed by atoms with Crippen molar-refractivity contribution in [3.63, 3.8) is 0 Å². The molecule has 0 fully saturated rings. The van der Waals surface area contributed by atoms with Crippen molar-refractivity contribution >= 4 is 94.4 Å². The summed E-state index contributed by atoms with van der Waals surface area (Å²) in [5.41, 5.74) is -4.07. The molecule has 10 heteroatoms.